The summed E-state index contributed by atoms with van der Waals surface area (Å²) in [6.07, 6.45) is 0. The van der Waals surface area contributed by atoms with Gasteiger partial charge in [-0.15, -0.1) is 15.3 Å². The predicted octanol–water partition coefficient (Wildman–Crippen LogP) is 0.634. The average Bonchev–Trinajstić information content (AvgIpc) is 2.82. The van der Waals surface area contributed by atoms with Crippen LogP contribution in [-0.4, -0.2) is 38.3 Å². The van der Waals surface area contributed by atoms with Gasteiger partial charge in [0.15, 0.2) is 0 Å². The van der Waals surface area contributed by atoms with E-state index in [4.69, 9.17) is 0 Å². The molecule has 18 heavy (non-hydrogen) atoms. The minimum Gasteiger partial charge on any atom is -0.363 e. The minimum atomic E-state index is -0.404. The highest BCUT2D eigenvalue weighted by molar-refractivity contribution is 7.17. The van der Waals surface area contributed by atoms with Crippen molar-refractivity contribution in [3.8, 4) is 0 Å². The molecular formula is C9H11N7OS. The number of amides is 1. The third kappa shape index (κ3) is 2.56. The number of nitrogens with zero attached hydrogens (tertiary/aromatic N) is 5. The van der Waals surface area contributed by atoms with E-state index in [9.17, 15) is 4.79 Å². The van der Waals surface area contributed by atoms with E-state index < -0.39 is 5.91 Å². The Hall–Kier alpha value is -2.16. The van der Waals surface area contributed by atoms with Crippen LogP contribution in [0, 0.1) is 13.8 Å². The topological polar surface area (TPSA) is 106 Å². The molecule has 0 aromatic carbocycles. The monoisotopic (exact) mass is 265 g/mol. The van der Waals surface area contributed by atoms with Crippen LogP contribution in [0.1, 0.15) is 21.2 Å². The Morgan fingerprint density at radius 2 is 1.89 bits per heavy atom. The van der Waals surface area contributed by atoms with Crippen LogP contribution in [0.3, 0.4) is 0 Å². The maximum Gasteiger partial charge on any atom is 0.289 e. The van der Waals surface area contributed by atoms with Crippen molar-refractivity contribution in [1.29, 1.82) is 0 Å². The number of carbonyl (C=O) groups is 1. The van der Waals surface area contributed by atoms with Gasteiger partial charge in [-0.25, -0.2) is 4.98 Å². The van der Waals surface area contributed by atoms with E-state index >= 15 is 0 Å². The first-order valence-electron chi connectivity index (χ1n) is 5.10. The van der Waals surface area contributed by atoms with Gasteiger partial charge >= 0.3 is 0 Å². The number of aromatic nitrogens is 5. The molecule has 0 saturated heterocycles. The zero-order valence-corrected chi connectivity index (χ0v) is 10.9. The van der Waals surface area contributed by atoms with Gasteiger partial charge in [-0.3, -0.25) is 10.1 Å². The number of aryl methyl sites for hydroxylation is 2. The molecule has 0 unspecified atom stereocenters. The van der Waals surface area contributed by atoms with E-state index in [1.807, 2.05) is 0 Å². The Kier molecular flexibility index (Phi) is 3.42. The lowest BCUT2D eigenvalue weighted by atomic mass is 10.4. The van der Waals surface area contributed by atoms with Gasteiger partial charge in [0, 0.05) is 7.05 Å². The molecule has 0 saturated carbocycles. The number of anilines is 2. The lowest BCUT2D eigenvalue weighted by Gasteiger charge is -2.02. The highest BCUT2D eigenvalue weighted by atomic mass is 32.1. The quantitative estimate of drug-likeness (QED) is 0.838. The molecule has 9 heteroatoms. The average molecular weight is 265 g/mol. The molecule has 0 bridgehead atoms. The molecule has 0 aliphatic heterocycles. The lowest BCUT2D eigenvalue weighted by Crippen LogP contribution is -2.15. The molecule has 1 amide bonds. The van der Waals surface area contributed by atoms with Gasteiger partial charge in [-0.1, -0.05) is 11.3 Å². The van der Waals surface area contributed by atoms with Gasteiger partial charge in [-0.2, -0.15) is 5.10 Å². The van der Waals surface area contributed by atoms with Crippen molar-refractivity contribution in [3.05, 3.63) is 16.4 Å². The molecule has 2 aromatic rings. The largest absolute Gasteiger partial charge is 0.363 e. The fourth-order valence-electron chi connectivity index (χ4n) is 1.08. The van der Waals surface area contributed by atoms with E-state index in [0.29, 0.717) is 10.8 Å². The Balaban J connectivity index is 2.13. The molecule has 0 aliphatic rings. The van der Waals surface area contributed by atoms with Crippen molar-refractivity contribution in [1.82, 2.24) is 25.4 Å². The standard InChI is InChI=1S/C9H11N7OS/c1-4-5(2)13-15-8(11-4)12-6(17)7-14-16-9(10-3)18-7/h1-3H3,(H,10,16)(H,11,12,15,17). The first-order valence-corrected chi connectivity index (χ1v) is 5.92. The molecule has 0 aliphatic carbocycles. The Morgan fingerprint density at radius 3 is 2.50 bits per heavy atom. The van der Waals surface area contributed by atoms with Crippen molar-refractivity contribution in [2.75, 3.05) is 17.7 Å². The molecular weight excluding hydrogens is 254 g/mol. The van der Waals surface area contributed by atoms with E-state index in [2.05, 4.69) is 36.0 Å². The maximum atomic E-state index is 11.8. The third-order valence-corrected chi connectivity index (χ3v) is 3.09. The van der Waals surface area contributed by atoms with Gasteiger partial charge in [0.2, 0.25) is 16.1 Å². The molecule has 8 nitrogen and oxygen atoms in total. The highest BCUT2D eigenvalue weighted by Gasteiger charge is 2.14. The van der Waals surface area contributed by atoms with Crippen molar-refractivity contribution in [3.63, 3.8) is 0 Å². The van der Waals surface area contributed by atoms with E-state index in [1.165, 1.54) is 0 Å². The number of hydrogen-bond acceptors (Lipinski definition) is 8. The number of hydrogen-bond donors (Lipinski definition) is 2. The predicted molar refractivity (Wildman–Crippen MR) is 66.7 cm³/mol. The van der Waals surface area contributed by atoms with Crippen LogP contribution >= 0.6 is 11.3 Å². The van der Waals surface area contributed by atoms with Crippen LogP contribution in [-0.2, 0) is 0 Å². The highest BCUT2D eigenvalue weighted by Crippen LogP contribution is 2.15. The zero-order valence-electron chi connectivity index (χ0n) is 10.1. The van der Waals surface area contributed by atoms with Crippen LogP contribution in [0.4, 0.5) is 11.1 Å². The summed E-state index contributed by atoms with van der Waals surface area (Å²) < 4.78 is 0. The van der Waals surface area contributed by atoms with Crippen molar-refractivity contribution in [2.45, 2.75) is 13.8 Å². The Morgan fingerprint density at radius 1 is 1.11 bits per heavy atom. The summed E-state index contributed by atoms with van der Waals surface area (Å²) in [6, 6.07) is 0. The van der Waals surface area contributed by atoms with Gasteiger partial charge < -0.3 is 5.32 Å². The van der Waals surface area contributed by atoms with Gasteiger partial charge in [0.05, 0.1) is 11.4 Å². The van der Waals surface area contributed by atoms with Crippen LogP contribution in [0.2, 0.25) is 0 Å². The summed E-state index contributed by atoms with van der Waals surface area (Å²) >= 11 is 1.15. The summed E-state index contributed by atoms with van der Waals surface area (Å²) in [7, 11) is 1.71. The molecule has 0 atom stereocenters. The molecule has 2 aromatic heterocycles. The molecule has 2 N–H and O–H groups in total. The smallest absolute Gasteiger partial charge is 0.289 e. The first-order chi connectivity index (χ1) is 8.60. The number of rotatable bonds is 3. The Bertz CT molecular complexity index is 582. The lowest BCUT2D eigenvalue weighted by molar-refractivity contribution is 0.102. The summed E-state index contributed by atoms with van der Waals surface area (Å²) in [4.78, 5) is 15.9. The first kappa shape index (κ1) is 12.3. The van der Waals surface area contributed by atoms with Gasteiger partial charge in [-0.05, 0) is 13.8 Å². The third-order valence-electron chi connectivity index (χ3n) is 2.15. The molecule has 2 heterocycles. The maximum absolute atomic E-state index is 11.8. The van der Waals surface area contributed by atoms with Crippen LogP contribution in [0.25, 0.3) is 0 Å². The van der Waals surface area contributed by atoms with E-state index in [0.717, 1.165) is 17.0 Å². The van der Waals surface area contributed by atoms with E-state index in [-0.39, 0.29) is 11.0 Å². The van der Waals surface area contributed by atoms with Crippen molar-refractivity contribution >= 4 is 28.3 Å². The van der Waals surface area contributed by atoms with Gasteiger partial charge in [0.25, 0.3) is 5.91 Å². The molecule has 0 radical (unpaired) electrons. The summed E-state index contributed by atoms with van der Waals surface area (Å²) in [5, 5.41) is 21.3. The zero-order chi connectivity index (χ0) is 13.1. The molecule has 0 spiro atoms. The number of nitrogens with one attached hydrogen (secondary N) is 2. The second-order valence-corrected chi connectivity index (χ2v) is 4.40. The van der Waals surface area contributed by atoms with Crippen molar-refractivity contribution in [2.24, 2.45) is 0 Å². The summed E-state index contributed by atoms with van der Waals surface area (Å²) in [6.45, 7) is 3.59. The second kappa shape index (κ2) is 5.00. The molecule has 2 rings (SSSR count). The van der Waals surface area contributed by atoms with Crippen LogP contribution < -0.4 is 10.6 Å². The fraction of sp³-hybridized carbons (Fsp3) is 0.333. The summed E-state index contributed by atoms with van der Waals surface area (Å²) in [5.41, 5.74) is 1.44. The second-order valence-electron chi connectivity index (χ2n) is 3.42. The molecule has 94 valence electrons. The van der Waals surface area contributed by atoms with Crippen LogP contribution in [0.5, 0.6) is 0 Å². The molecule has 0 fully saturated rings. The fourth-order valence-corrected chi connectivity index (χ4v) is 1.67. The van der Waals surface area contributed by atoms with Crippen molar-refractivity contribution < 1.29 is 4.79 Å². The van der Waals surface area contributed by atoms with E-state index in [1.54, 1.807) is 20.9 Å². The number of carbonyl (C=O) groups excluding carboxylic acids is 1. The Labute approximate surface area is 107 Å². The van der Waals surface area contributed by atoms with Crippen LogP contribution in [0.15, 0.2) is 0 Å². The van der Waals surface area contributed by atoms with Gasteiger partial charge in [0.1, 0.15) is 0 Å². The minimum absolute atomic E-state index is 0.157. The normalized spacial score (nSPS) is 10.2. The SMILES string of the molecule is CNc1nnc(C(=O)Nc2nnc(C)c(C)n2)s1. The summed E-state index contributed by atoms with van der Waals surface area (Å²) in [5.74, 6) is -0.247.